The number of aromatic nitrogens is 2. The first-order chi connectivity index (χ1) is 8.09. The van der Waals surface area contributed by atoms with Crippen LogP contribution in [0.4, 0.5) is 14.5 Å². The normalized spacial score (nSPS) is 10.6. The van der Waals surface area contributed by atoms with Gasteiger partial charge in [-0.1, -0.05) is 6.07 Å². The van der Waals surface area contributed by atoms with Gasteiger partial charge in [0.15, 0.2) is 5.82 Å². The summed E-state index contributed by atoms with van der Waals surface area (Å²) in [4.78, 5) is 0. The van der Waals surface area contributed by atoms with Crippen LogP contribution in [0.15, 0.2) is 18.3 Å². The second kappa shape index (κ2) is 4.53. The van der Waals surface area contributed by atoms with Gasteiger partial charge in [0.1, 0.15) is 11.5 Å². The number of aryl methyl sites for hydroxylation is 2. The molecule has 0 saturated carbocycles. The minimum absolute atomic E-state index is 0.0920. The lowest BCUT2D eigenvalue weighted by atomic mass is 10.2. The van der Waals surface area contributed by atoms with Crippen LogP contribution >= 0.6 is 0 Å². The van der Waals surface area contributed by atoms with Gasteiger partial charge >= 0.3 is 0 Å². The van der Waals surface area contributed by atoms with E-state index >= 15 is 0 Å². The molecule has 0 fully saturated rings. The fourth-order valence-corrected chi connectivity index (χ4v) is 1.56. The summed E-state index contributed by atoms with van der Waals surface area (Å²) in [5.41, 5.74) is 2.08. The second-order valence-electron chi connectivity index (χ2n) is 3.93. The number of aromatic amines is 1. The Morgan fingerprint density at radius 3 is 2.71 bits per heavy atom. The smallest absolute Gasteiger partial charge is 0.152 e. The largest absolute Gasteiger partial charge is 0.376 e. The first-order valence-electron chi connectivity index (χ1n) is 5.27. The molecule has 0 saturated heterocycles. The van der Waals surface area contributed by atoms with Crippen LogP contribution < -0.4 is 5.32 Å². The van der Waals surface area contributed by atoms with E-state index in [1.165, 1.54) is 12.1 Å². The maximum Gasteiger partial charge on any atom is 0.152 e. The number of H-pyrrole nitrogens is 1. The first kappa shape index (κ1) is 11.6. The Balaban J connectivity index is 2.20. The van der Waals surface area contributed by atoms with Crippen LogP contribution in [0.5, 0.6) is 0 Å². The molecule has 2 rings (SSSR count). The number of nitrogens with zero attached hydrogens (tertiary/aromatic N) is 1. The summed E-state index contributed by atoms with van der Waals surface area (Å²) in [5, 5.41) is 9.37. The molecule has 1 aromatic heterocycles. The van der Waals surface area contributed by atoms with Crippen LogP contribution in [0.1, 0.15) is 16.8 Å². The average Bonchev–Trinajstić information content (AvgIpc) is 2.70. The van der Waals surface area contributed by atoms with Gasteiger partial charge in [-0.3, -0.25) is 5.10 Å². The molecule has 0 aliphatic heterocycles. The van der Waals surface area contributed by atoms with Crippen molar-refractivity contribution in [2.75, 3.05) is 5.32 Å². The van der Waals surface area contributed by atoms with Crippen molar-refractivity contribution in [3.8, 4) is 0 Å². The van der Waals surface area contributed by atoms with Crippen LogP contribution in [-0.4, -0.2) is 10.2 Å². The summed E-state index contributed by atoms with van der Waals surface area (Å²) in [6, 6.07) is 2.67. The van der Waals surface area contributed by atoms with E-state index < -0.39 is 11.6 Å². The molecule has 0 amide bonds. The summed E-state index contributed by atoms with van der Waals surface area (Å²) in [6.07, 6.45) is 1.63. The first-order valence-corrected chi connectivity index (χ1v) is 5.27. The van der Waals surface area contributed by atoms with Gasteiger partial charge in [0.25, 0.3) is 0 Å². The number of hydrogen-bond donors (Lipinski definition) is 2. The van der Waals surface area contributed by atoms with Gasteiger partial charge in [-0.2, -0.15) is 5.10 Å². The highest BCUT2D eigenvalue weighted by molar-refractivity contribution is 5.49. The van der Waals surface area contributed by atoms with E-state index in [0.717, 1.165) is 11.3 Å². The van der Waals surface area contributed by atoms with Gasteiger partial charge in [0, 0.05) is 17.8 Å². The lowest BCUT2D eigenvalue weighted by molar-refractivity contribution is 0.582. The highest BCUT2D eigenvalue weighted by Crippen LogP contribution is 2.22. The number of rotatable bonds is 3. The predicted molar refractivity (Wildman–Crippen MR) is 61.7 cm³/mol. The van der Waals surface area contributed by atoms with Crippen LogP contribution in [0.25, 0.3) is 0 Å². The Morgan fingerprint density at radius 2 is 2.06 bits per heavy atom. The summed E-state index contributed by atoms with van der Waals surface area (Å²) in [7, 11) is 0. The van der Waals surface area contributed by atoms with Gasteiger partial charge in [0.2, 0.25) is 0 Å². The predicted octanol–water partition coefficient (Wildman–Crippen LogP) is 2.92. The standard InChI is InChI=1S/C12H13F2N3/c1-7-3-4-10(13)12(11(7)14)15-5-9-6-16-17-8(9)2/h3-4,6,15H,5H2,1-2H3,(H,16,17). The topological polar surface area (TPSA) is 40.7 Å². The fourth-order valence-electron chi connectivity index (χ4n) is 1.56. The molecular formula is C12H13F2N3. The molecule has 1 aromatic carbocycles. The summed E-state index contributed by atoms with van der Waals surface area (Å²) < 4.78 is 27.1. The van der Waals surface area contributed by atoms with Crippen LogP contribution in [-0.2, 0) is 6.54 Å². The zero-order valence-corrected chi connectivity index (χ0v) is 9.64. The molecule has 2 aromatic rings. The molecule has 0 aliphatic carbocycles. The molecule has 90 valence electrons. The summed E-state index contributed by atoms with van der Waals surface area (Å²) >= 11 is 0. The number of benzene rings is 1. The molecule has 3 nitrogen and oxygen atoms in total. The highest BCUT2D eigenvalue weighted by atomic mass is 19.1. The van der Waals surface area contributed by atoms with Gasteiger partial charge in [-0.05, 0) is 25.5 Å². The number of nitrogens with one attached hydrogen (secondary N) is 2. The van der Waals surface area contributed by atoms with Crippen molar-refractivity contribution in [3.63, 3.8) is 0 Å². The molecule has 5 heteroatoms. The molecule has 0 radical (unpaired) electrons. The maximum absolute atomic E-state index is 13.7. The van der Waals surface area contributed by atoms with Crippen molar-refractivity contribution in [3.05, 3.63) is 46.8 Å². The van der Waals surface area contributed by atoms with Crippen molar-refractivity contribution in [1.29, 1.82) is 0 Å². The minimum Gasteiger partial charge on any atom is -0.376 e. The molecule has 0 aliphatic rings. The van der Waals surface area contributed by atoms with E-state index in [0.29, 0.717) is 12.1 Å². The lowest BCUT2D eigenvalue weighted by Gasteiger charge is -2.09. The third-order valence-corrected chi connectivity index (χ3v) is 2.67. The van der Waals surface area contributed by atoms with Gasteiger partial charge in [-0.15, -0.1) is 0 Å². The van der Waals surface area contributed by atoms with Crippen LogP contribution in [0.3, 0.4) is 0 Å². The number of halogens is 2. The number of anilines is 1. The van der Waals surface area contributed by atoms with E-state index in [9.17, 15) is 8.78 Å². The second-order valence-corrected chi connectivity index (χ2v) is 3.93. The van der Waals surface area contributed by atoms with E-state index in [2.05, 4.69) is 15.5 Å². The van der Waals surface area contributed by atoms with Crippen LogP contribution in [0, 0.1) is 25.5 Å². The average molecular weight is 237 g/mol. The Bertz CT molecular complexity index is 535. The van der Waals surface area contributed by atoms with E-state index in [1.807, 2.05) is 6.92 Å². The van der Waals surface area contributed by atoms with Crippen molar-refractivity contribution in [1.82, 2.24) is 10.2 Å². The molecule has 0 spiro atoms. The Morgan fingerprint density at radius 1 is 1.29 bits per heavy atom. The Kier molecular flexibility index (Phi) is 3.08. The Labute approximate surface area is 97.9 Å². The minimum atomic E-state index is -0.589. The third-order valence-electron chi connectivity index (χ3n) is 2.67. The van der Waals surface area contributed by atoms with E-state index in [-0.39, 0.29) is 5.69 Å². The van der Waals surface area contributed by atoms with Gasteiger partial charge < -0.3 is 5.32 Å². The molecule has 17 heavy (non-hydrogen) atoms. The monoisotopic (exact) mass is 237 g/mol. The molecule has 1 heterocycles. The third kappa shape index (κ3) is 2.27. The maximum atomic E-state index is 13.7. The molecule has 2 N–H and O–H groups in total. The van der Waals surface area contributed by atoms with E-state index in [4.69, 9.17) is 0 Å². The quantitative estimate of drug-likeness (QED) is 0.861. The van der Waals surface area contributed by atoms with Crippen LogP contribution in [0.2, 0.25) is 0 Å². The summed E-state index contributed by atoms with van der Waals surface area (Å²) in [5.74, 6) is -1.14. The highest BCUT2D eigenvalue weighted by Gasteiger charge is 2.11. The Hall–Kier alpha value is -1.91. The zero-order chi connectivity index (χ0) is 12.4. The number of hydrogen-bond acceptors (Lipinski definition) is 2. The SMILES string of the molecule is Cc1ccc(F)c(NCc2cn[nH]c2C)c1F. The molecule has 0 atom stereocenters. The van der Waals surface area contributed by atoms with Crippen molar-refractivity contribution < 1.29 is 8.78 Å². The van der Waals surface area contributed by atoms with Gasteiger partial charge in [0.05, 0.1) is 6.20 Å². The van der Waals surface area contributed by atoms with Gasteiger partial charge in [-0.25, -0.2) is 8.78 Å². The summed E-state index contributed by atoms with van der Waals surface area (Å²) in [6.45, 7) is 3.79. The zero-order valence-electron chi connectivity index (χ0n) is 9.64. The molecular weight excluding hydrogens is 224 g/mol. The van der Waals surface area contributed by atoms with Crippen molar-refractivity contribution in [2.24, 2.45) is 0 Å². The lowest BCUT2D eigenvalue weighted by Crippen LogP contribution is -2.05. The fraction of sp³-hybridized carbons (Fsp3) is 0.250. The van der Waals surface area contributed by atoms with Crippen molar-refractivity contribution >= 4 is 5.69 Å². The molecule has 0 unspecified atom stereocenters. The van der Waals surface area contributed by atoms with Crippen molar-refractivity contribution in [2.45, 2.75) is 20.4 Å². The van der Waals surface area contributed by atoms with E-state index in [1.54, 1.807) is 13.1 Å². The molecule has 0 bridgehead atoms.